The van der Waals surface area contributed by atoms with Crippen molar-refractivity contribution in [2.24, 2.45) is 5.92 Å². The van der Waals surface area contributed by atoms with E-state index in [0.717, 1.165) is 5.56 Å². The second-order valence-electron chi connectivity index (χ2n) is 8.52. The highest BCUT2D eigenvalue weighted by Gasteiger charge is 2.28. The summed E-state index contributed by atoms with van der Waals surface area (Å²) >= 11 is 1.19. The van der Waals surface area contributed by atoms with Gasteiger partial charge in [-0.25, -0.2) is 17.5 Å². The van der Waals surface area contributed by atoms with E-state index in [2.05, 4.69) is 20.2 Å². The lowest BCUT2D eigenvalue weighted by atomic mass is 9.95. The summed E-state index contributed by atoms with van der Waals surface area (Å²) in [4.78, 5) is 27.1. The minimum absolute atomic E-state index is 0.152. The molecule has 2 amide bonds. The van der Waals surface area contributed by atoms with Gasteiger partial charge in [0.2, 0.25) is 21.1 Å². The van der Waals surface area contributed by atoms with Crippen molar-refractivity contribution in [1.29, 1.82) is 0 Å². The number of hydrogen-bond donors (Lipinski definition) is 2. The second-order valence-corrected chi connectivity index (χ2v) is 11.4. The molecule has 2 N–H and O–H groups in total. The zero-order valence-electron chi connectivity index (χ0n) is 19.6. The van der Waals surface area contributed by atoms with E-state index in [-0.39, 0.29) is 29.2 Å². The smallest absolute Gasteiger partial charge is 0.253 e. The van der Waals surface area contributed by atoms with Crippen LogP contribution < -0.4 is 10.0 Å². The lowest BCUT2D eigenvalue weighted by Crippen LogP contribution is -2.41. The van der Waals surface area contributed by atoms with E-state index in [0.29, 0.717) is 48.1 Å². The third kappa shape index (κ3) is 6.50. The number of halogens is 1. The molecule has 0 unspecified atom stereocenters. The third-order valence-electron chi connectivity index (χ3n) is 5.90. The molecule has 0 saturated carbocycles. The summed E-state index contributed by atoms with van der Waals surface area (Å²) in [6.45, 7) is 2.89. The number of anilines is 1. The zero-order chi connectivity index (χ0) is 25.7. The van der Waals surface area contributed by atoms with Crippen LogP contribution in [-0.4, -0.2) is 55.0 Å². The molecule has 36 heavy (non-hydrogen) atoms. The van der Waals surface area contributed by atoms with Crippen molar-refractivity contribution in [3.05, 3.63) is 70.5 Å². The predicted molar refractivity (Wildman–Crippen MR) is 134 cm³/mol. The van der Waals surface area contributed by atoms with Gasteiger partial charge in [-0.3, -0.25) is 9.59 Å². The van der Waals surface area contributed by atoms with Crippen LogP contribution in [0.15, 0.2) is 53.4 Å². The second kappa shape index (κ2) is 11.2. The normalized spacial score (nSPS) is 14.6. The average molecular weight is 532 g/mol. The number of hydrogen-bond acceptors (Lipinski definition) is 7. The monoisotopic (exact) mass is 531 g/mol. The molecule has 0 aliphatic carbocycles. The molecule has 4 rings (SSSR count). The first-order valence-corrected chi connectivity index (χ1v) is 13.8. The quantitative estimate of drug-likeness (QED) is 0.461. The molecule has 2 aromatic carbocycles. The Morgan fingerprint density at radius 2 is 1.72 bits per heavy atom. The summed E-state index contributed by atoms with van der Waals surface area (Å²) in [6, 6.07) is 12.0. The van der Waals surface area contributed by atoms with Gasteiger partial charge in [0.05, 0.1) is 4.90 Å². The van der Waals surface area contributed by atoms with Crippen molar-refractivity contribution in [1.82, 2.24) is 19.8 Å². The Balaban J connectivity index is 1.23. The third-order valence-corrected chi connectivity index (χ3v) is 8.28. The van der Waals surface area contributed by atoms with Gasteiger partial charge in [0.25, 0.3) is 5.91 Å². The van der Waals surface area contributed by atoms with Gasteiger partial charge in [0.15, 0.2) is 0 Å². The summed E-state index contributed by atoms with van der Waals surface area (Å²) in [5.74, 6) is -1.03. The Morgan fingerprint density at radius 3 is 2.39 bits per heavy atom. The van der Waals surface area contributed by atoms with E-state index in [1.54, 1.807) is 29.2 Å². The molecule has 0 atom stereocenters. The largest absolute Gasteiger partial charge is 0.339 e. The number of likely N-dealkylation sites (tertiary alicyclic amines) is 1. The van der Waals surface area contributed by atoms with Gasteiger partial charge >= 0.3 is 0 Å². The maximum Gasteiger partial charge on any atom is 0.253 e. The minimum atomic E-state index is -3.61. The molecule has 9 nitrogen and oxygen atoms in total. The zero-order valence-corrected chi connectivity index (χ0v) is 21.2. The SMILES string of the molecule is Cc1ccc(S(=O)(=O)NCCc2nnc(NC(=O)C3CCN(C(=O)c4ccc(F)cc4)CC3)s2)cc1. The minimum Gasteiger partial charge on any atom is -0.339 e. The lowest BCUT2D eigenvalue weighted by Gasteiger charge is -2.31. The van der Waals surface area contributed by atoms with Crippen LogP contribution in [0.1, 0.15) is 33.8 Å². The van der Waals surface area contributed by atoms with E-state index in [4.69, 9.17) is 0 Å². The Bertz CT molecular complexity index is 1320. The molecule has 12 heteroatoms. The van der Waals surface area contributed by atoms with Crippen LogP contribution in [0.25, 0.3) is 0 Å². The van der Waals surface area contributed by atoms with Crippen molar-refractivity contribution in [3.8, 4) is 0 Å². The van der Waals surface area contributed by atoms with Crippen LogP contribution in [0.3, 0.4) is 0 Å². The number of amides is 2. The first kappa shape index (κ1) is 25.9. The standard InChI is InChI=1S/C24H26FN5O4S2/c1-16-2-8-20(9-3-16)36(33,34)26-13-10-21-28-29-24(35-21)27-22(31)17-11-14-30(15-12-17)23(32)18-4-6-19(25)7-5-18/h2-9,17,26H,10-15H2,1H3,(H,27,29,31). The molecular weight excluding hydrogens is 505 g/mol. The van der Waals surface area contributed by atoms with Crippen molar-refractivity contribution < 1.29 is 22.4 Å². The molecule has 0 radical (unpaired) electrons. The van der Waals surface area contributed by atoms with Crippen molar-refractivity contribution in [2.75, 3.05) is 25.0 Å². The highest BCUT2D eigenvalue weighted by Crippen LogP contribution is 2.23. The van der Waals surface area contributed by atoms with Crippen LogP contribution >= 0.6 is 11.3 Å². The van der Waals surface area contributed by atoms with Gasteiger partial charge in [-0.1, -0.05) is 29.0 Å². The number of sulfonamides is 1. The maximum absolute atomic E-state index is 13.1. The van der Waals surface area contributed by atoms with Crippen LogP contribution in [0.2, 0.25) is 0 Å². The number of carbonyl (C=O) groups is 2. The van der Waals surface area contributed by atoms with E-state index in [1.807, 2.05) is 6.92 Å². The summed E-state index contributed by atoms with van der Waals surface area (Å²) in [7, 11) is -3.61. The molecule has 1 aliphatic heterocycles. The molecule has 3 aromatic rings. The summed E-state index contributed by atoms with van der Waals surface area (Å²) in [5.41, 5.74) is 1.39. The summed E-state index contributed by atoms with van der Waals surface area (Å²) in [6.07, 6.45) is 1.35. The molecule has 0 bridgehead atoms. The highest BCUT2D eigenvalue weighted by molar-refractivity contribution is 7.89. The van der Waals surface area contributed by atoms with Gasteiger partial charge in [0.1, 0.15) is 10.8 Å². The van der Waals surface area contributed by atoms with E-state index in [1.165, 1.54) is 35.6 Å². The number of rotatable bonds is 8. The van der Waals surface area contributed by atoms with Crippen LogP contribution in [0, 0.1) is 18.7 Å². The average Bonchev–Trinajstić information content (AvgIpc) is 3.31. The van der Waals surface area contributed by atoms with Crippen LogP contribution in [0.5, 0.6) is 0 Å². The van der Waals surface area contributed by atoms with Crippen LogP contribution in [0.4, 0.5) is 9.52 Å². The molecule has 2 heterocycles. The summed E-state index contributed by atoms with van der Waals surface area (Å²) in [5, 5.41) is 11.7. The molecule has 1 saturated heterocycles. The van der Waals surface area contributed by atoms with Crippen molar-refractivity contribution in [3.63, 3.8) is 0 Å². The first-order valence-electron chi connectivity index (χ1n) is 11.5. The Hall–Kier alpha value is -3.22. The number of piperidine rings is 1. The van der Waals surface area contributed by atoms with Crippen LogP contribution in [-0.2, 0) is 21.2 Å². The van der Waals surface area contributed by atoms with Gasteiger partial charge in [-0.2, -0.15) is 0 Å². The molecule has 1 aliphatic rings. The number of nitrogens with zero attached hydrogens (tertiary/aromatic N) is 3. The molecule has 0 spiro atoms. The number of aromatic nitrogens is 2. The predicted octanol–water partition coefficient (Wildman–Crippen LogP) is 3.00. The lowest BCUT2D eigenvalue weighted by molar-refractivity contribution is -0.121. The van der Waals surface area contributed by atoms with E-state index >= 15 is 0 Å². The summed E-state index contributed by atoms with van der Waals surface area (Å²) < 4.78 is 40.4. The number of carbonyl (C=O) groups excluding carboxylic acids is 2. The molecule has 190 valence electrons. The Kier molecular flexibility index (Phi) is 8.07. The highest BCUT2D eigenvalue weighted by atomic mass is 32.2. The van der Waals surface area contributed by atoms with Gasteiger partial charge in [0, 0.05) is 37.5 Å². The van der Waals surface area contributed by atoms with Crippen molar-refractivity contribution in [2.45, 2.75) is 31.1 Å². The van der Waals surface area contributed by atoms with Gasteiger partial charge in [-0.05, 0) is 56.2 Å². The molecular formula is C24H26FN5O4S2. The number of nitrogens with one attached hydrogen (secondary N) is 2. The first-order chi connectivity index (χ1) is 17.2. The fourth-order valence-corrected chi connectivity index (χ4v) is 5.60. The molecule has 1 fully saturated rings. The van der Waals surface area contributed by atoms with Gasteiger partial charge in [-0.15, -0.1) is 10.2 Å². The Labute approximate surface area is 212 Å². The maximum atomic E-state index is 13.1. The van der Waals surface area contributed by atoms with Crippen molar-refractivity contribution >= 4 is 38.3 Å². The fraction of sp³-hybridized carbons (Fsp3) is 0.333. The number of aryl methyl sites for hydroxylation is 1. The number of benzene rings is 2. The van der Waals surface area contributed by atoms with E-state index in [9.17, 15) is 22.4 Å². The topological polar surface area (TPSA) is 121 Å². The fourth-order valence-electron chi connectivity index (χ4n) is 3.83. The Morgan fingerprint density at radius 1 is 1.06 bits per heavy atom. The van der Waals surface area contributed by atoms with Gasteiger partial charge < -0.3 is 10.2 Å². The molecule has 1 aromatic heterocycles. The van der Waals surface area contributed by atoms with E-state index < -0.39 is 15.8 Å².